The molecule has 0 unspecified atom stereocenters. The van der Waals surface area contributed by atoms with Crippen molar-refractivity contribution in [2.45, 2.75) is 51.4 Å². The van der Waals surface area contributed by atoms with E-state index in [2.05, 4.69) is 16.0 Å². The van der Waals surface area contributed by atoms with Gasteiger partial charge in [0.15, 0.2) is 0 Å². The van der Waals surface area contributed by atoms with Crippen molar-refractivity contribution in [2.24, 2.45) is 5.92 Å². The molecule has 4 atom stereocenters. The number of hydrogen-bond donors (Lipinski definition) is 4. The van der Waals surface area contributed by atoms with Gasteiger partial charge in [-0.1, -0.05) is 55.2 Å². The van der Waals surface area contributed by atoms with E-state index in [1.54, 1.807) is 50.2 Å². The molecule has 4 rings (SSSR count). The van der Waals surface area contributed by atoms with E-state index in [4.69, 9.17) is 27.9 Å². The highest BCUT2D eigenvalue weighted by Crippen LogP contribution is 2.35. The van der Waals surface area contributed by atoms with Crippen molar-refractivity contribution in [2.75, 3.05) is 19.7 Å². The number of amides is 4. The van der Waals surface area contributed by atoms with Crippen LogP contribution in [0.1, 0.15) is 37.6 Å². The molecule has 2 aliphatic rings. The lowest BCUT2D eigenvalue weighted by molar-refractivity contribution is -0.141. The quantitative estimate of drug-likeness (QED) is 0.424. The van der Waals surface area contributed by atoms with Crippen LogP contribution in [0.25, 0.3) is 11.1 Å². The first-order valence-electron chi connectivity index (χ1n) is 13.1. The number of nitrogens with one attached hydrogen (secondary N) is 3. The molecule has 0 saturated carbocycles. The number of carbonyl (C=O) groups excluding carboxylic acids is 4. The van der Waals surface area contributed by atoms with E-state index in [9.17, 15) is 24.3 Å². The van der Waals surface area contributed by atoms with Gasteiger partial charge in [-0.15, -0.1) is 0 Å². The minimum atomic E-state index is -0.994. The van der Waals surface area contributed by atoms with E-state index in [-0.39, 0.29) is 43.3 Å². The molecular formula is C28H32Cl2N4O6. The first-order valence-corrected chi connectivity index (χ1v) is 13.8. The largest absolute Gasteiger partial charge is 0.491 e. The van der Waals surface area contributed by atoms with E-state index in [0.717, 1.165) is 0 Å². The van der Waals surface area contributed by atoms with Gasteiger partial charge in [0.2, 0.25) is 17.7 Å². The van der Waals surface area contributed by atoms with Gasteiger partial charge in [0, 0.05) is 18.5 Å². The van der Waals surface area contributed by atoms with Gasteiger partial charge in [0.25, 0.3) is 5.91 Å². The topological polar surface area (TPSA) is 137 Å². The summed E-state index contributed by atoms with van der Waals surface area (Å²) in [5.74, 6) is -2.16. The van der Waals surface area contributed by atoms with Crippen molar-refractivity contribution in [3.8, 4) is 16.9 Å². The lowest BCUT2D eigenvalue weighted by atomic mass is 9.99. The number of nitrogens with zero attached hydrogens (tertiary/aromatic N) is 1. The van der Waals surface area contributed by atoms with E-state index < -0.39 is 47.9 Å². The molecule has 214 valence electrons. The third kappa shape index (κ3) is 6.35. The molecule has 0 spiro atoms. The van der Waals surface area contributed by atoms with Gasteiger partial charge in [-0.25, -0.2) is 0 Å². The Labute approximate surface area is 242 Å². The second kappa shape index (κ2) is 12.4. The summed E-state index contributed by atoms with van der Waals surface area (Å²) in [6.45, 7) is 5.14. The number of hydrogen-bond acceptors (Lipinski definition) is 6. The zero-order valence-electron chi connectivity index (χ0n) is 22.4. The number of rotatable bonds is 2. The molecule has 0 aliphatic carbocycles. The third-order valence-electron chi connectivity index (χ3n) is 6.98. The molecule has 1 saturated heterocycles. The average Bonchev–Trinajstić information content (AvgIpc) is 3.31. The second-order valence-corrected chi connectivity index (χ2v) is 11.1. The monoisotopic (exact) mass is 590 g/mol. The number of aliphatic hydroxyl groups is 1. The summed E-state index contributed by atoms with van der Waals surface area (Å²) in [5.41, 5.74) is 1.37. The van der Waals surface area contributed by atoms with Gasteiger partial charge >= 0.3 is 0 Å². The molecule has 2 aliphatic heterocycles. The fourth-order valence-electron chi connectivity index (χ4n) is 4.85. The van der Waals surface area contributed by atoms with Crippen LogP contribution >= 0.6 is 23.2 Å². The van der Waals surface area contributed by atoms with Gasteiger partial charge < -0.3 is 30.7 Å². The summed E-state index contributed by atoms with van der Waals surface area (Å²) in [6, 6.07) is 7.26. The predicted molar refractivity (Wildman–Crippen MR) is 150 cm³/mol. The van der Waals surface area contributed by atoms with Crippen molar-refractivity contribution in [3.63, 3.8) is 0 Å². The molecule has 0 bridgehead atoms. The van der Waals surface area contributed by atoms with Gasteiger partial charge in [-0.2, -0.15) is 0 Å². The van der Waals surface area contributed by atoms with Crippen LogP contribution in [0.4, 0.5) is 0 Å². The summed E-state index contributed by atoms with van der Waals surface area (Å²) in [6.07, 6.45) is -0.778. The van der Waals surface area contributed by atoms with Crippen LogP contribution in [0.2, 0.25) is 10.0 Å². The van der Waals surface area contributed by atoms with Gasteiger partial charge in [-0.05, 0) is 36.6 Å². The zero-order valence-corrected chi connectivity index (χ0v) is 23.9. The number of ether oxygens (including phenoxy) is 1. The van der Waals surface area contributed by atoms with Crippen LogP contribution in [0.15, 0.2) is 36.4 Å². The first kappa shape index (κ1) is 29.6. The standard InChI is InChI=1S/C28H32Cl2N4O6/c1-14(2)24-27(38)32-15(3)28(39)34-13-17(35)12-21(34)26(37)31-9-10-40-22-8-7-16(11-19(22)25(36)33-24)18-5-4-6-20(29)23(18)30/h4-8,11,14-15,17,21,24,35H,9-10,12-13H2,1-3H3,(H,31,37)(H,32,38)(H,33,36)/t15-,17+,21+,24+/m1/s1. The minimum absolute atomic E-state index is 0.0235. The summed E-state index contributed by atoms with van der Waals surface area (Å²) < 4.78 is 5.88. The maximum atomic E-state index is 13.6. The van der Waals surface area contributed by atoms with Crippen molar-refractivity contribution >= 4 is 46.8 Å². The van der Waals surface area contributed by atoms with Crippen LogP contribution in [0, 0.1) is 5.92 Å². The number of fused-ring (bicyclic) bond motifs is 2. The molecule has 2 aromatic carbocycles. The molecular weight excluding hydrogens is 559 g/mol. The molecule has 4 N–H and O–H groups in total. The van der Waals surface area contributed by atoms with Crippen molar-refractivity contribution < 1.29 is 29.0 Å². The average molecular weight is 591 g/mol. The Morgan fingerprint density at radius 3 is 2.50 bits per heavy atom. The Bertz CT molecular complexity index is 1320. The Morgan fingerprint density at radius 1 is 1.02 bits per heavy atom. The lowest BCUT2D eigenvalue weighted by Crippen LogP contribution is -2.57. The Kier molecular flexibility index (Phi) is 9.22. The number of carbonyl (C=O) groups is 4. The molecule has 1 fully saturated rings. The van der Waals surface area contributed by atoms with Gasteiger partial charge in [-0.3, -0.25) is 19.2 Å². The van der Waals surface area contributed by atoms with Crippen LogP contribution in [0.5, 0.6) is 5.75 Å². The number of aliphatic hydroxyl groups excluding tert-OH is 1. The molecule has 0 radical (unpaired) electrons. The zero-order chi connectivity index (χ0) is 29.1. The molecule has 10 nitrogen and oxygen atoms in total. The van der Waals surface area contributed by atoms with E-state index >= 15 is 0 Å². The summed E-state index contributed by atoms with van der Waals surface area (Å²) in [4.78, 5) is 54.2. The van der Waals surface area contributed by atoms with Crippen molar-refractivity contribution in [3.05, 3.63) is 52.0 Å². The van der Waals surface area contributed by atoms with E-state index in [1.165, 1.54) is 11.8 Å². The smallest absolute Gasteiger partial charge is 0.255 e. The van der Waals surface area contributed by atoms with Gasteiger partial charge in [0.1, 0.15) is 30.5 Å². The van der Waals surface area contributed by atoms with Crippen LogP contribution in [-0.4, -0.2) is 77.6 Å². The highest BCUT2D eigenvalue weighted by atomic mass is 35.5. The SMILES string of the molecule is CC(C)[C@@H]1NC(=O)c2cc(-c3cccc(Cl)c3Cl)ccc2OCCNC(=O)[C@@H]2C[C@H](O)CN2C(=O)[C@@H](C)NC1=O. The maximum Gasteiger partial charge on any atom is 0.255 e. The van der Waals surface area contributed by atoms with Crippen LogP contribution < -0.4 is 20.7 Å². The Balaban J connectivity index is 1.70. The normalized spacial score (nSPS) is 24.5. The van der Waals surface area contributed by atoms with Crippen molar-refractivity contribution in [1.82, 2.24) is 20.9 Å². The molecule has 4 amide bonds. The summed E-state index contributed by atoms with van der Waals surface area (Å²) in [7, 11) is 0. The highest BCUT2D eigenvalue weighted by molar-refractivity contribution is 6.43. The predicted octanol–water partition coefficient (Wildman–Crippen LogP) is 2.39. The maximum absolute atomic E-state index is 13.6. The van der Waals surface area contributed by atoms with Crippen LogP contribution in [-0.2, 0) is 14.4 Å². The van der Waals surface area contributed by atoms with Gasteiger partial charge in [0.05, 0.1) is 28.3 Å². The Hall–Kier alpha value is -3.34. The first-order chi connectivity index (χ1) is 19.0. The fourth-order valence-corrected chi connectivity index (χ4v) is 5.26. The number of benzene rings is 2. The lowest BCUT2D eigenvalue weighted by Gasteiger charge is -2.29. The fraction of sp³-hybridized carbons (Fsp3) is 0.429. The molecule has 12 heteroatoms. The Morgan fingerprint density at radius 2 is 1.77 bits per heavy atom. The summed E-state index contributed by atoms with van der Waals surface area (Å²) >= 11 is 12.6. The molecule has 2 aromatic rings. The van der Waals surface area contributed by atoms with Crippen LogP contribution in [0.3, 0.4) is 0 Å². The summed E-state index contributed by atoms with van der Waals surface area (Å²) in [5, 5.41) is 19.0. The highest BCUT2D eigenvalue weighted by Gasteiger charge is 2.41. The second-order valence-electron chi connectivity index (χ2n) is 10.3. The minimum Gasteiger partial charge on any atom is -0.491 e. The number of halogens is 2. The van der Waals surface area contributed by atoms with E-state index in [1.807, 2.05) is 0 Å². The molecule has 40 heavy (non-hydrogen) atoms. The third-order valence-corrected chi connectivity index (χ3v) is 7.79. The molecule has 0 aromatic heterocycles. The molecule has 2 heterocycles. The van der Waals surface area contributed by atoms with Crippen molar-refractivity contribution in [1.29, 1.82) is 0 Å². The van der Waals surface area contributed by atoms with E-state index in [0.29, 0.717) is 21.2 Å².